The number of hydrogen-bond acceptors (Lipinski definition) is 6. The highest BCUT2D eigenvalue weighted by atomic mass is 16.5. The summed E-state index contributed by atoms with van der Waals surface area (Å²) in [6.45, 7) is 2.07. The third-order valence-electron chi connectivity index (χ3n) is 6.27. The molecule has 7 nitrogen and oxygen atoms in total. The van der Waals surface area contributed by atoms with E-state index in [0.29, 0.717) is 40.9 Å². The summed E-state index contributed by atoms with van der Waals surface area (Å²) in [6, 6.07) is 13.3. The number of hydrogen-bond donors (Lipinski definition) is 1. The molecule has 1 atom stereocenters. The first-order chi connectivity index (χ1) is 15.6. The van der Waals surface area contributed by atoms with E-state index in [1.165, 1.54) is 5.57 Å². The second-order valence-corrected chi connectivity index (χ2v) is 8.28. The molecular formula is C25H25N3O4. The maximum Gasteiger partial charge on any atom is 0.252 e. The summed E-state index contributed by atoms with van der Waals surface area (Å²) >= 11 is 0. The molecule has 0 aliphatic heterocycles. The second-order valence-electron chi connectivity index (χ2n) is 8.28. The highest BCUT2D eigenvalue weighted by Crippen LogP contribution is 2.46. The van der Waals surface area contributed by atoms with E-state index in [2.05, 4.69) is 21.5 Å². The summed E-state index contributed by atoms with van der Waals surface area (Å²) in [5, 5.41) is 7.31. The third-order valence-corrected chi connectivity index (χ3v) is 6.27. The molecule has 1 heterocycles. The van der Waals surface area contributed by atoms with E-state index in [0.717, 1.165) is 31.2 Å². The van der Waals surface area contributed by atoms with Gasteiger partial charge in [0, 0.05) is 12.5 Å². The zero-order valence-electron chi connectivity index (χ0n) is 18.2. The first-order valence-electron chi connectivity index (χ1n) is 10.8. The van der Waals surface area contributed by atoms with Gasteiger partial charge in [-0.25, -0.2) is 0 Å². The van der Waals surface area contributed by atoms with Gasteiger partial charge in [0.15, 0.2) is 11.5 Å². The third kappa shape index (κ3) is 3.64. The normalized spacial score (nSPS) is 19.0. The molecule has 0 bridgehead atoms. The second kappa shape index (κ2) is 8.15. The van der Waals surface area contributed by atoms with E-state index in [1.54, 1.807) is 26.2 Å². The van der Waals surface area contributed by atoms with Crippen molar-refractivity contribution in [3.8, 4) is 22.9 Å². The SMILES string of the molecule is COc1cc(-c2noc(C)n2)c(C(=O)NC23CC=C2CCC3)cc1OCc1ccccc1. The number of nitrogens with one attached hydrogen (secondary N) is 1. The van der Waals surface area contributed by atoms with Crippen molar-refractivity contribution in [2.75, 3.05) is 7.11 Å². The number of carbonyl (C=O) groups is 1. The van der Waals surface area contributed by atoms with Crippen LogP contribution in [0.15, 0.2) is 58.6 Å². The number of fused-ring (bicyclic) bond motifs is 1. The Hall–Kier alpha value is -3.61. The predicted octanol–water partition coefficient (Wildman–Crippen LogP) is 4.62. The van der Waals surface area contributed by atoms with Crippen molar-refractivity contribution in [1.82, 2.24) is 15.5 Å². The predicted molar refractivity (Wildman–Crippen MR) is 119 cm³/mol. The molecule has 3 aromatic rings. The van der Waals surface area contributed by atoms with Gasteiger partial charge in [0.05, 0.1) is 18.2 Å². The lowest BCUT2D eigenvalue weighted by Crippen LogP contribution is -2.51. The maximum absolute atomic E-state index is 13.5. The molecule has 2 aliphatic carbocycles. The number of nitrogens with zero attached hydrogens (tertiary/aromatic N) is 2. The van der Waals surface area contributed by atoms with Gasteiger partial charge < -0.3 is 19.3 Å². The van der Waals surface area contributed by atoms with E-state index in [-0.39, 0.29) is 11.4 Å². The minimum absolute atomic E-state index is 0.179. The van der Waals surface area contributed by atoms with Crippen molar-refractivity contribution < 1.29 is 18.8 Å². The van der Waals surface area contributed by atoms with Crippen LogP contribution in [0.3, 0.4) is 0 Å². The zero-order chi connectivity index (χ0) is 22.1. The quantitative estimate of drug-likeness (QED) is 0.550. The number of benzene rings is 2. The monoisotopic (exact) mass is 431 g/mol. The summed E-state index contributed by atoms with van der Waals surface area (Å²) in [4.78, 5) is 17.8. The fraction of sp³-hybridized carbons (Fsp3) is 0.320. The minimum Gasteiger partial charge on any atom is -0.493 e. The fourth-order valence-electron chi connectivity index (χ4n) is 4.50. The summed E-state index contributed by atoms with van der Waals surface area (Å²) in [7, 11) is 1.57. The molecule has 2 aromatic carbocycles. The highest BCUT2D eigenvalue weighted by Gasteiger charge is 2.44. The Bertz CT molecular complexity index is 1190. The van der Waals surface area contributed by atoms with Crippen molar-refractivity contribution in [1.29, 1.82) is 0 Å². The van der Waals surface area contributed by atoms with Gasteiger partial charge in [0.2, 0.25) is 11.7 Å². The first-order valence-corrected chi connectivity index (χ1v) is 10.8. The van der Waals surface area contributed by atoms with Crippen LogP contribution in [0.2, 0.25) is 0 Å². The van der Waals surface area contributed by atoms with E-state index in [4.69, 9.17) is 14.0 Å². The highest BCUT2D eigenvalue weighted by molar-refractivity contribution is 6.01. The van der Waals surface area contributed by atoms with Crippen LogP contribution in [0.25, 0.3) is 11.4 Å². The zero-order valence-corrected chi connectivity index (χ0v) is 18.2. The molecule has 7 heteroatoms. The molecule has 1 aromatic heterocycles. The van der Waals surface area contributed by atoms with Crippen LogP contribution >= 0.6 is 0 Å². The number of amides is 1. The Morgan fingerprint density at radius 1 is 1.22 bits per heavy atom. The van der Waals surface area contributed by atoms with Gasteiger partial charge >= 0.3 is 0 Å². The van der Waals surface area contributed by atoms with Gasteiger partial charge in [-0.15, -0.1) is 0 Å². The lowest BCUT2D eigenvalue weighted by atomic mass is 9.78. The molecule has 0 spiro atoms. The Morgan fingerprint density at radius 2 is 2.06 bits per heavy atom. The van der Waals surface area contributed by atoms with Gasteiger partial charge in [-0.3, -0.25) is 4.79 Å². The standard InChI is InChI=1S/C25H25N3O4/c1-16-26-23(28-32-16)19-13-21(30-2)22(31-15-17-7-4-3-5-8-17)14-20(19)24(29)27-25-11-6-9-18(25)10-12-25/h3-5,7-8,10,13-14H,6,9,11-12,15H2,1-2H3,(H,27,29). The molecule has 1 saturated carbocycles. The van der Waals surface area contributed by atoms with Crippen molar-refractivity contribution in [2.24, 2.45) is 0 Å². The summed E-state index contributed by atoms with van der Waals surface area (Å²) in [5.41, 5.74) is 3.11. The molecular weight excluding hydrogens is 406 g/mol. The van der Waals surface area contributed by atoms with Gasteiger partial charge in [-0.1, -0.05) is 41.6 Å². The Balaban J connectivity index is 1.51. The minimum atomic E-state index is -0.216. The average molecular weight is 431 g/mol. The molecule has 1 N–H and O–H groups in total. The molecule has 0 radical (unpaired) electrons. The van der Waals surface area contributed by atoms with Crippen molar-refractivity contribution in [3.63, 3.8) is 0 Å². The number of rotatable bonds is 7. The molecule has 32 heavy (non-hydrogen) atoms. The fourth-order valence-corrected chi connectivity index (χ4v) is 4.50. The molecule has 0 saturated heterocycles. The smallest absolute Gasteiger partial charge is 0.252 e. The van der Waals surface area contributed by atoms with Crippen LogP contribution in [0.1, 0.15) is 47.5 Å². The molecule has 2 aliphatic rings. The maximum atomic E-state index is 13.5. The number of carbonyl (C=O) groups excluding carboxylic acids is 1. The van der Waals surface area contributed by atoms with Crippen molar-refractivity contribution >= 4 is 5.91 Å². The molecule has 1 fully saturated rings. The first kappa shape index (κ1) is 20.3. The van der Waals surface area contributed by atoms with E-state index < -0.39 is 0 Å². The Morgan fingerprint density at radius 3 is 2.72 bits per heavy atom. The summed E-state index contributed by atoms with van der Waals surface area (Å²) in [6.07, 6.45) is 6.20. The number of aromatic nitrogens is 2. The van der Waals surface area contributed by atoms with Crippen LogP contribution in [0, 0.1) is 6.92 Å². The number of ether oxygens (including phenoxy) is 2. The molecule has 164 valence electrons. The molecule has 1 amide bonds. The van der Waals surface area contributed by atoms with Crippen molar-refractivity contribution in [2.45, 2.75) is 44.8 Å². The average Bonchev–Trinajstić information content (AvgIpc) is 3.35. The largest absolute Gasteiger partial charge is 0.493 e. The lowest BCUT2D eigenvalue weighted by molar-refractivity contribution is 0.0908. The molecule has 5 rings (SSSR count). The van der Waals surface area contributed by atoms with Gasteiger partial charge in [-0.05, 0) is 49.0 Å². The van der Waals surface area contributed by atoms with Crippen LogP contribution in [0.5, 0.6) is 11.5 Å². The summed E-state index contributed by atoms with van der Waals surface area (Å²) in [5.74, 6) is 1.57. The van der Waals surface area contributed by atoms with Crippen molar-refractivity contribution in [3.05, 3.63) is 71.1 Å². The topological polar surface area (TPSA) is 86.5 Å². The van der Waals surface area contributed by atoms with E-state index in [9.17, 15) is 4.79 Å². The lowest BCUT2D eigenvalue weighted by Gasteiger charge is -2.38. The number of aryl methyl sites for hydroxylation is 1. The van der Waals surface area contributed by atoms with Crippen LogP contribution in [-0.2, 0) is 6.61 Å². The van der Waals surface area contributed by atoms with E-state index >= 15 is 0 Å². The van der Waals surface area contributed by atoms with Gasteiger partial charge in [0.25, 0.3) is 5.91 Å². The van der Waals surface area contributed by atoms with Crippen LogP contribution < -0.4 is 14.8 Å². The Kier molecular flexibility index (Phi) is 5.17. The Labute approximate surface area is 186 Å². The number of methoxy groups -OCH3 is 1. The van der Waals surface area contributed by atoms with Gasteiger partial charge in [-0.2, -0.15) is 4.98 Å². The summed E-state index contributed by atoms with van der Waals surface area (Å²) < 4.78 is 16.8. The van der Waals surface area contributed by atoms with Crippen LogP contribution in [-0.4, -0.2) is 28.7 Å². The van der Waals surface area contributed by atoms with E-state index in [1.807, 2.05) is 30.3 Å². The van der Waals surface area contributed by atoms with Crippen LogP contribution in [0.4, 0.5) is 0 Å². The molecule has 1 unspecified atom stereocenters. The van der Waals surface area contributed by atoms with Gasteiger partial charge in [0.1, 0.15) is 6.61 Å².